The second-order valence-corrected chi connectivity index (χ2v) is 6.52. The molecule has 136 valence electrons. The number of nitrogens with zero attached hydrogens (tertiary/aromatic N) is 3. The van der Waals surface area contributed by atoms with Crippen LogP contribution in [0.4, 0.5) is 0 Å². The van der Waals surface area contributed by atoms with Crippen molar-refractivity contribution in [1.29, 1.82) is 0 Å². The molecule has 2 aromatic heterocycles. The van der Waals surface area contributed by atoms with Crippen molar-refractivity contribution in [3.63, 3.8) is 0 Å². The van der Waals surface area contributed by atoms with Crippen LogP contribution in [0, 0.1) is 0 Å². The number of phenols is 1. The van der Waals surface area contributed by atoms with E-state index in [-0.39, 0.29) is 25.2 Å². The molecule has 5 heteroatoms. The molecule has 3 aromatic carbocycles. The minimum absolute atomic E-state index is 0. The fourth-order valence-corrected chi connectivity index (χ4v) is 3.51. The maximum atomic E-state index is 10.5. The summed E-state index contributed by atoms with van der Waals surface area (Å²) in [4.78, 5) is 9.38. The molecule has 0 aliphatic heterocycles. The number of benzene rings is 3. The van der Waals surface area contributed by atoms with E-state index in [2.05, 4.69) is 29.2 Å². The molecule has 0 aliphatic carbocycles. The Kier molecular flexibility index (Phi) is 5.24. The molecule has 0 atom stereocenters. The number of hydrogen-bond donors (Lipinski definition) is 1. The summed E-state index contributed by atoms with van der Waals surface area (Å²) in [6.45, 7) is 0. The van der Waals surface area contributed by atoms with Gasteiger partial charge in [-0.05, 0) is 35.9 Å². The van der Waals surface area contributed by atoms with Crippen LogP contribution in [0.3, 0.4) is 0 Å². The SMILES string of the molecule is Oc1ccccc1-c1nc2cccnc2n1-c1ccccc1-c1ccccc1.[Zn]. The number of rotatable bonds is 3. The Morgan fingerprint density at radius 1 is 0.690 bits per heavy atom. The molecule has 0 bridgehead atoms. The average molecular weight is 429 g/mol. The van der Waals surface area contributed by atoms with Gasteiger partial charge >= 0.3 is 0 Å². The Labute approximate surface area is 181 Å². The number of para-hydroxylation sites is 2. The number of phenolic OH excluding ortho intramolecular Hbond substituents is 1. The summed E-state index contributed by atoms with van der Waals surface area (Å²) in [7, 11) is 0. The van der Waals surface area contributed by atoms with Gasteiger partial charge in [-0.15, -0.1) is 0 Å². The second kappa shape index (κ2) is 7.98. The van der Waals surface area contributed by atoms with Crippen LogP contribution in [-0.4, -0.2) is 19.6 Å². The fourth-order valence-electron chi connectivity index (χ4n) is 3.51. The van der Waals surface area contributed by atoms with E-state index in [1.807, 2.05) is 65.2 Å². The van der Waals surface area contributed by atoms with Crippen molar-refractivity contribution in [2.75, 3.05) is 0 Å². The largest absolute Gasteiger partial charge is 0.507 e. The number of imidazole rings is 1. The summed E-state index contributed by atoms with van der Waals surface area (Å²) in [6, 6.07) is 29.5. The van der Waals surface area contributed by atoms with Crippen LogP contribution in [0.1, 0.15) is 0 Å². The van der Waals surface area contributed by atoms with Crippen molar-refractivity contribution in [3.8, 4) is 34.0 Å². The standard InChI is InChI=1S/C24H17N3O.Zn/c28-22-15-7-5-12-19(22)23-26-20-13-8-16-25-24(20)27(23)21-14-6-4-11-18(21)17-9-2-1-3-10-17;/h1-16,28H;. The first-order valence-electron chi connectivity index (χ1n) is 9.09. The van der Waals surface area contributed by atoms with E-state index in [0.29, 0.717) is 11.4 Å². The zero-order valence-corrected chi connectivity index (χ0v) is 18.7. The van der Waals surface area contributed by atoms with Crippen LogP contribution in [0.25, 0.3) is 39.4 Å². The maximum Gasteiger partial charge on any atom is 0.164 e. The molecule has 0 aliphatic rings. The molecule has 5 aromatic rings. The number of aromatic hydroxyl groups is 1. The van der Waals surface area contributed by atoms with E-state index >= 15 is 0 Å². The molecule has 0 saturated heterocycles. The first-order chi connectivity index (χ1) is 13.8. The molecule has 0 saturated carbocycles. The molecular formula is C24H17N3OZn. The van der Waals surface area contributed by atoms with E-state index < -0.39 is 0 Å². The Hall–Kier alpha value is -3.30. The van der Waals surface area contributed by atoms with Gasteiger partial charge in [0, 0.05) is 31.2 Å². The van der Waals surface area contributed by atoms with Gasteiger partial charge in [0.15, 0.2) is 11.5 Å². The zero-order chi connectivity index (χ0) is 18.9. The van der Waals surface area contributed by atoms with Crippen molar-refractivity contribution >= 4 is 11.2 Å². The minimum Gasteiger partial charge on any atom is -0.507 e. The third kappa shape index (κ3) is 3.34. The molecule has 0 radical (unpaired) electrons. The molecule has 0 amide bonds. The van der Waals surface area contributed by atoms with E-state index in [4.69, 9.17) is 4.98 Å². The number of aromatic nitrogens is 3. The second-order valence-electron chi connectivity index (χ2n) is 6.52. The van der Waals surface area contributed by atoms with Gasteiger partial charge < -0.3 is 5.11 Å². The molecule has 0 unspecified atom stereocenters. The predicted molar refractivity (Wildman–Crippen MR) is 111 cm³/mol. The quantitative estimate of drug-likeness (QED) is 0.388. The topological polar surface area (TPSA) is 50.9 Å². The van der Waals surface area contributed by atoms with Crippen LogP contribution < -0.4 is 0 Å². The minimum atomic E-state index is 0. The van der Waals surface area contributed by atoms with Crippen molar-refractivity contribution in [2.45, 2.75) is 0 Å². The monoisotopic (exact) mass is 427 g/mol. The Balaban J connectivity index is 0.00000205. The molecule has 0 fully saturated rings. The Morgan fingerprint density at radius 2 is 1.38 bits per heavy atom. The van der Waals surface area contributed by atoms with Crippen LogP contribution >= 0.6 is 0 Å². The summed E-state index contributed by atoms with van der Waals surface area (Å²) in [5, 5.41) is 10.5. The van der Waals surface area contributed by atoms with Crippen LogP contribution in [0.5, 0.6) is 5.75 Å². The first-order valence-corrected chi connectivity index (χ1v) is 9.09. The van der Waals surface area contributed by atoms with Gasteiger partial charge in [-0.25, -0.2) is 9.97 Å². The van der Waals surface area contributed by atoms with Crippen LogP contribution in [-0.2, 0) is 19.5 Å². The summed E-state index contributed by atoms with van der Waals surface area (Å²) >= 11 is 0. The van der Waals surface area contributed by atoms with E-state index in [9.17, 15) is 5.11 Å². The number of hydrogen-bond acceptors (Lipinski definition) is 3. The summed E-state index contributed by atoms with van der Waals surface area (Å²) < 4.78 is 2.02. The Bertz CT molecular complexity index is 1280. The summed E-state index contributed by atoms with van der Waals surface area (Å²) in [5.41, 5.74) is 5.35. The van der Waals surface area contributed by atoms with Crippen LogP contribution in [0.2, 0.25) is 0 Å². The number of pyridine rings is 1. The van der Waals surface area contributed by atoms with Gasteiger partial charge in [0.2, 0.25) is 0 Å². The van der Waals surface area contributed by atoms with Gasteiger partial charge in [0.05, 0.1) is 11.3 Å². The fraction of sp³-hybridized carbons (Fsp3) is 0. The zero-order valence-electron chi connectivity index (χ0n) is 15.7. The Morgan fingerprint density at radius 3 is 2.17 bits per heavy atom. The molecule has 1 N–H and O–H groups in total. The first kappa shape index (κ1) is 19.0. The molecule has 4 nitrogen and oxygen atoms in total. The molecule has 29 heavy (non-hydrogen) atoms. The van der Waals surface area contributed by atoms with Gasteiger partial charge in [0.1, 0.15) is 11.3 Å². The van der Waals surface area contributed by atoms with E-state index in [0.717, 1.165) is 28.0 Å². The van der Waals surface area contributed by atoms with Crippen molar-refractivity contribution < 1.29 is 24.6 Å². The number of fused-ring (bicyclic) bond motifs is 1. The van der Waals surface area contributed by atoms with Gasteiger partial charge in [0.25, 0.3) is 0 Å². The van der Waals surface area contributed by atoms with Gasteiger partial charge in [-0.2, -0.15) is 0 Å². The average Bonchev–Trinajstić information content (AvgIpc) is 3.14. The summed E-state index contributed by atoms with van der Waals surface area (Å²) in [5.74, 6) is 0.853. The molecule has 5 rings (SSSR count). The van der Waals surface area contributed by atoms with Gasteiger partial charge in [-0.1, -0.05) is 60.7 Å². The summed E-state index contributed by atoms with van der Waals surface area (Å²) in [6.07, 6.45) is 1.76. The van der Waals surface area contributed by atoms with Crippen LogP contribution in [0.15, 0.2) is 97.2 Å². The van der Waals surface area contributed by atoms with Crippen molar-refractivity contribution in [1.82, 2.24) is 14.5 Å². The molecular weight excluding hydrogens is 412 g/mol. The van der Waals surface area contributed by atoms with Crippen molar-refractivity contribution in [3.05, 3.63) is 97.2 Å². The third-order valence-corrected chi connectivity index (χ3v) is 4.79. The normalized spacial score (nSPS) is 10.6. The molecule has 0 spiro atoms. The maximum absolute atomic E-state index is 10.5. The third-order valence-electron chi connectivity index (χ3n) is 4.79. The smallest absolute Gasteiger partial charge is 0.164 e. The van der Waals surface area contributed by atoms with E-state index in [1.54, 1.807) is 12.3 Å². The van der Waals surface area contributed by atoms with Crippen molar-refractivity contribution in [2.24, 2.45) is 0 Å². The predicted octanol–water partition coefficient (Wildman–Crippen LogP) is 5.46. The molecule has 2 heterocycles. The van der Waals surface area contributed by atoms with E-state index in [1.165, 1.54) is 0 Å². The van der Waals surface area contributed by atoms with Gasteiger partial charge in [-0.3, -0.25) is 4.57 Å².